The molecule has 624 valence electrons. The van der Waals surface area contributed by atoms with Crippen molar-refractivity contribution < 1.29 is 72.5 Å². The van der Waals surface area contributed by atoms with Gasteiger partial charge in [0.15, 0.2) is 17.9 Å². The maximum absolute atomic E-state index is 14.9. The first kappa shape index (κ1) is 93.0. The fraction of sp³-hybridized carbons (Fsp3) is 0.520. The number of aliphatic carboxylic acids is 1. The Morgan fingerprint density at radius 2 is 0.947 bits per heavy atom. The molecule has 1 saturated heterocycles. The molecule has 1 aromatic heterocycles. The minimum absolute atomic E-state index is 0.00664. The zero-order chi connectivity index (χ0) is 84.1. The number of carbonyl (C=O) groups excluding carboxylic acids is 12. The van der Waals surface area contributed by atoms with Crippen LogP contribution in [0.3, 0.4) is 0 Å². The van der Waals surface area contributed by atoms with Gasteiger partial charge in [-0.1, -0.05) is 113 Å². The molecule has 2 heterocycles. The number of primary amides is 1. The number of thiol groups is 1. The average molecular weight is 1610 g/mol. The number of benzene rings is 3. The third-order valence-electron chi connectivity index (χ3n) is 19.0. The molecule has 39 heteroatoms. The van der Waals surface area contributed by atoms with Crippen LogP contribution in [0.1, 0.15) is 121 Å². The lowest BCUT2D eigenvalue weighted by Gasteiger charge is -2.32. The van der Waals surface area contributed by atoms with Crippen molar-refractivity contribution in [1.29, 1.82) is 16.2 Å². The highest BCUT2D eigenvalue weighted by molar-refractivity contribution is 7.80. The van der Waals surface area contributed by atoms with Crippen molar-refractivity contribution in [2.75, 3.05) is 38.5 Å². The van der Waals surface area contributed by atoms with E-state index in [0.29, 0.717) is 40.4 Å². The van der Waals surface area contributed by atoms with Crippen LogP contribution >= 0.6 is 12.6 Å². The Labute approximate surface area is 666 Å². The average Bonchev–Trinajstić information content (AvgIpc) is 1.61. The van der Waals surface area contributed by atoms with Gasteiger partial charge in [0.2, 0.25) is 70.9 Å². The molecule has 1 aliphatic rings. The molecule has 1 aliphatic heterocycles. The third-order valence-corrected chi connectivity index (χ3v) is 19.4. The summed E-state index contributed by atoms with van der Waals surface area (Å²) in [6.45, 7) is 6.15. The molecule has 0 spiro atoms. The van der Waals surface area contributed by atoms with E-state index in [1.807, 2.05) is 0 Å². The van der Waals surface area contributed by atoms with Gasteiger partial charge in [-0.15, -0.1) is 0 Å². The van der Waals surface area contributed by atoms with Gasteiger partial charge >= 0.3 is 5.97 Å². The predicted molar refractivity (Wildman–Crippen MR) is 428 cm³/mol. The van der Waals surface area contributed by atoms with Crippen molar-refractivity contribution >= 4 is 118 Å². The number of carbonyl (C=O) groups is 13. The van der Waals surface area contributed by atoms with Crippen LogP contribution in [0, 0.1) is 28.1 Å². The smallest absolute Gasteiger partial charge is 0.326 e. The standard InChI is InChI=1S/C75H113N23O15S/c1-5-42(4)60(97-61(101)47(76)28-29-59(77)100)71(111)98-33-17-27-58(98)70(110)90-51(26-16-32-86-75(82)83)62(102)88-50(25-15-31-85-74(80)81)64(104)95-56(39-99)68(108)93-54(37-45-38-87-48-23-13-12-22-46(45)48)67(107)96-57(40-114)69(109)89-49(24-14-30-84-73(78)79)63(103)92-53(35-43-18-8-6-9-19-43)66(106)91-52(34-41(2)3)65(105)94-55(72(112)113)36-44-20-10-7-11-21-44/h6-13,18-23,38,41-42,47,49-58,60,87,99,114H,5,14-17,24-37,39-40,76H2,1-4H3,(H2,77,100)(H,88,102)(H,89,109)(H,90,110)(H,91,106)(H,92,103)(H,93,108)(H,94,105)(H,95,104)(H,96,107)(H,97,101)(H,112,113)(H4,78,79,84)(H4,80,81,85)(H4,82,83,86)/t42-,47-,49-,50-,51-,52-,53-,54-,55-,56-,57-,58-,60-/m0/s1. The number of para-hydroxylation sites is 1. The summed E-state index contributed by atoms with van der Waals surface area (Å²) in [5.41, 5.74) is 30.3. The van der Waals surface area contributed by atoms with Gasteiger partial charge in [-0.2, -0.15) is 12.6 Å². The van der Waals surface area contributed by atoms with Crippen LogP contribution in [0.4, 0.5) is 0 Å². The number of carboxylic acids is 1. The number of hydrogen-bond acceptors (Lipinski definition) is 19. The van der Waals surface area contributed by atoms with E-state index < -0.39 is 186 Å². The van der Waals surface area contributed by atoms with Gasteiger partial charge in [0, 0.05) is 74.7 Å². The van der Waals surface area contributed by atoms with Crippen LogP contribution < -0.4 is 97.8 Å². The number of carboxylic acid groups (broad SMARTS) is 1. The van der Waals surface area contributed by atoms with E-state index in [4.69, 9.17) is 44.9 Å². The highest BCUT2D eigenvalue weighted by Gasteiger charge is 2.42. The normalized spacial score (nSPS) is 15.6. The lowest BCUT2D eigenvalue weighted by atomic mass is 9.96. The van der Waals surface area contributed by atoms with Gasteiger partial charge in [-0.05, 0) is 98.8 Å². The van der Waals surface area contributed by atoms with Gasteiger partial charge in [0.1, 0.15) is 66.5 Å². The number of aliphatic hydroxyl groups excluding tert-OH is 1. The summed E-state index contributed by atoms with van der Waals surface area (Å²) in [5, 5.41) is 78.9. The number of aromatic amines is 1. The topological polar surface area (TPSA) is 639 Å². The first-order valence-electron chi connectivity index (χ1n) is 37.9. The van der Waals surface area contributed by atoms with Crippen molar-refractivity contribution in [1.82, 2.24) is 79.0 Å². The van der Waals surface area contributed by atoms with Crippen LogP contribution in [-0.4, -0.2) is 226 Å². The monoisotopic (exact) mass is 1610 g/mol. The van der Waals surface area contributed by atoms with E-state index in [9.17, 15) is 72.5 Å². The molecule has 0 saturated carbocycles. The van der Waals surface area contributed by atoms with Crippen molar-refractivity contribution in [3.63, 3.8) is 0 Å². The van der Waals surface area contributed by atoms with Gasteiger partial charge < -0.3 is 118 Å². The first-order chi connectivity index (χ1) is 54.2. The Kier molecular flexibility index (Phi) is 38.9. The Balaban J connectivity index is 1.41. The second-order valence-corrected chi connectivity index (χ2v) is 28.8. The Morgan fingerprint density at radius 1 is 0.526 bits per heavy atom. The molecule has 5 rings (SSSR count). The number of likely N-dealkylation sites (tertiary alicyclic amines) is 1. The van der Waals surface area contributed by atoms with E-state index in [0.717, 1.165) is 0 Å². The number of nitrogens with one attached hydrogen (secondary N) is 17. The lowest BCUT2D eigenvalue weighted by Crippen LogP contribution is -2.61. The maximum Gasteiger partial charge on any atom is 0.326 e. The van der Waals surface area contributed by atoms with Crippen molar-refractivity contribution in [3.8, 4) is 0 Å². The number of aliphatic hydroxyl groups is 1. The van der Waals surface area contributed by atoms with Crippen molar-refractivity contribution in [2.45, 2.75) is 197 Å². The van der Waals surface area contributed by atoms with Gasteiger partial charge in [0.05, 0.1) is 12.6 Å². The minimum atomic E-state index is -1.87. The molecule has 38 nitrogen and oxygen atoms in total. The fourth-order valence-electron chi connectivity index (χ4n) is 12.6. The molecular weight excluding hydrogens is 1500 g/mol. The molecule has 13 atom stereocenters. The Morgan fingerprint density at radius 3 is 1.43 bits per heavy atom. The van der Waals surface area contributed by atoms with Crippen LogP contribution in [0.2, 0.25) is 0 Å². The third kappa shape index (κ3) is 31.2. The van der Waals surface area contributed by atoms with Crippen molar-refractivity contribution in [3.05, 3.63) is 108 Å². The van der Waals surface area contributed by atoms with Crippen molar-refractivity contribution in [2.24, 2.45) is 40.5 Å². The number of guanidine groups is 3. The minimum Gasteiger partial charge on any atom is -0.480 e. The molecule has 0 unspecified atom stereocenters. The number of nitrogens with zero attached hydrogens (tertiary/aromatic N) is 1. The molecule has 12 amide bonds. The predicted octanol–water partition coefficient (Wildman–Crippen LogP) is -3.48. The quantitative estimate of drug-likeness (QED) is 0.00883. The van der Waals surface area contributed by atoms with E-state index in [1.54, 1.807) is 119 Å². The molecule has 0 bridgehead atoms. The number of fused-ring (bicyclic) bond motifs is 1. The molecule has 29 N–H and O–H groups in total. The summed E-state index contributed by atoms with van der Waals surface area (Å²) in [6.07, 6.45) is 1.42. The lowest BCUT2D eigenvalue weighted by molar-refractivity contribution is -0.143. The fourth-order valence-corrected chi connectivity index (χ4v) is 12.9. The maximum atomic E-state index is 14.9. The number of nitrogens with two attached hydrogens (primary N) is 5. The second-order valence-electron chi connectivity index (χ2n) is 28.4. The van der Waals surface area contributed by atoms with Gasteiger partial charge in [-0.25, -0.2) is 4.79 Å². The summed E-state index contributed by atoms with van der Waals surface area (Å²) in [5.74, 6) is -14.1. The Hall–Kier alpha value is -11.6. The zero-order valence-electron chi connectivity index (χ0n) is 64.6. The van der Waals surface area contributed by atoms with Crippen LogP contribution in [-0.2, 0) is 81.6 Å². The van der Waals surface area contributed by atoms with E-state index in [-0.39, 0.29) is 116 Å². The first-order valence-corrected chi connectivity index (χ1v) is 38.6. The van der Waals surface area contributed by atoms with Crippen LogP contribution in [0.5, 0.6) is 0 Å². The van der Waals surface area contributed by atoms with Gasteiger partial charge in [0.25, 0.3) is 0 Å². The molecule has 1 fully saturated rings. The number of aromatic nitrogens is 1. The summed E-state index contributed by atoms with van der Waals surface area (Å²) in [7, 11) is 0. The molecule has 4 aromatic rings. The summed E-state index contributed by atoms with van der Waals surface area (Å²) < 4.78 is 0. The Bertz CT molecular complexity index is 3950. The highest BCUT2D eigenvalue weighted by atomic mass is 32.1. The zero-order valence-corrected chi connectivity index (χ0v) is 65.5. The molecule has 0 radical (unpaired) electrons. The van der Waals surface area contributed by atoms with Crippen LogP contribution in [0.25, 0.3) is 10.9 Å². The molecule has 0 aliphatic carbocycles. The SMILES string of the molecule is CC[C@H](C)[C@H](NC(=O)[C@@H](N)CCC(N)=O)C(=O)N1CCC[C@H]1C(=O)N[C@@H](CCCNC(=N)N)C(=O)N[C@@H](CCCNC(=N)N)C(=O)N[C@@H](CO)C(=O)N[C@@H](Cc1c[nH]c2ccccc12)C(=O)N[C@@H](CS)C(=O)N[C@@H](CCCNC(=N)N)C(=O)N[C@@H](Cc1ccccc1)C(=O)N[C@@H](CC(C)C)C(=O)N[C@@H](Cc1ccccc1)C(=O)O. The summed E-state index contributed by atoms with van der Waals surface area (Å²) in [6, 6.07) is 6.87. The summed E-state index contributed by atoms with van der Waals surface area (Å²) in [4.78, 5) is 187. The number of rotatable bonds is 49. The molecule has 3 aromatic carbocycles. The second kappa shape index (κ2) is 47.7. The number of hydrogen-bond donors (Lipinski definition) is 25. The number of H-pyrrole nitrogens is 1. The largest absolute Gasteiger partial charge is 0.480 e. The van der Waals surface area contributed by atoms with E-state index >= 15 is 0 Å². The van der Waals surface area contributed by atoms with Crippen LogP contribution in [0.15, 0.2) is 91.1 Å². The molecular formula is C75H113N23O15S. The van der Waals surface area contributed by atoms with E-state index in [2.05, 4.69) is 86.7 Å². The molecule has 114 heavy (non-hydrogen) atoms. The summed E-state index contributed by atoms with van der Waals surface area (Å²) >= 11 is 4.41. The highest BCUT2D eigenvalue weighted by Crippen LogP contribution is 2.24. The van der Waals surface area contributed by atoms with E-state index in [1.165, 1.54) is 4.90 Å². The number of amides is 12. The van der Waals surface area contributed by atoms with Gasteiger partial charge in [-0.3, -0.25) is 73.8 Å².